The molecule has 0 N–H and O–H groups in total. The van der Waals surface area contributed by atoms with E-state index >= 15 is 0 Å². The summed E-state index contributed by atoms with van der Waals surface area (Å²) in [5.74, 6) is 0.339. The molecule has 224 valence electrons. The zero-order valence-corrected chi connectivity index (χ0v) is 25.0. The molecule has 2 aromatic carbocycles. The number of amides is 1. The molecule has 0 spiro atoms. The number of hydrogen-bond acceptors (Lipinski definition) is 9. The van der Waals surface area contributed by atoms with Gasteiger partial charge in [-0.3, -0.25) is 14.6 Å². The number of nitrogens with zero attached hydrogens (tertiary/aromatic N) is 8. The van der Waals surface area contributed by atoms with Crippen molar-refractivity contribution < 1.29 is 9.53 Å². The van der Waals surface area contributed by atoms with Crippen LogP contribution in [-0.2, 0) is 17.9 Å². The number of fused-ring (bicyclic) bond motifs is 1. The predicted octanol–water partition coefficient (Wildman–Crippen LogP) is 4.24. The predicted molar refractivity (Wildman–Crippen MR) is 165 cm³/mol. The van der Waals surface area contributed by atoms with E-state index in [0.717, 1.165) is 47.4 Å². The molecule has 1 amide bonds. The Bertz CT molecular complexity index is 1700. The van der Waals surface area contributed by atoms with Gasteiger partial charge >= 0.3 is 6.01 Å². The number of carbonyl (C=O) groups is 1. The van der Waals surface area contributed by atoms with Crippen LogP contribution in [0.1, 0.15) is 60.5 Å². The molecular formula is C34H36N8O2. The highest BCUT2D eigenvalue weighted by atomic mass is 16.5. The first-order valence-corrected chi connectivity index (χ1v) is 15.5. The number of anilines is 1. The standard InChI is InChI=1S/C34H36N8O2/c1-3-30(43)42-16-15-39(18-24(42)12-13-35)33-28-19-41(20-29(28)37-34(38-33)44-21-40-14-6-7-22(40)2)32-26-11-5-9-23-8-4-10-25(31(23)26)27(32)17-36/h3-5,8-11,22,24,27,32H,1,6-7,12,14-16,18-21H2,2H3/t22?,24-,27?,32?/m0/s1. The highest BCUT2D eigenvalue weighted by Gasteiger charge is 2.42. The second-order valence-corrected chi connectivity index (χ2v) is 12.3. The summed E-state index contributed by atoms with van der Waals surface area (Å²) in [5.41, 5.74) is 4.18. The van der Waals surface area contributed by atoms with Gasteiger partial charge in [-0.1, -0.05) is 43.0 Å². The molecule has 10 nitrogen and oxygen atoms in total. The Balaban J connectivity index is 1.23. The van der Waals surface area contributed by atoms with Gasteiger partial charge in [0.05, 0.1) is 42.3 Å². The number of nitriles is 2. The van der Waals surface area contributed by atoms with E-state index in [2.05, 4.69) is 70.7 Å². The van der Waals surface area contributed by atoms with Gasteiger partial charge < -0.3 is 14.5 Å². The minimum Gasteiger partial charge on any atom is -0.447 e. The van der Waals surface area contributed by atoms with E-state index in [1.807, 2.05) is 6.07 Å². The first-order valence-electron chi connectivity index (χ1n) is 15.5. The Kier molecular flexibility index (Phi) is 7.41. The number of carbonyl (C=O) groups excluding carboxylic acids is 1. The SMILES string of the molecule is C=CC(=O)N1CCN(c2nc(OCN3CCCC3C)nc3c2CN(C2c4cccc5cccc(c45)C2C#N)C3)C[C@@H]1CC#N. The summed E-state index contributed by atoms with van der Waals surface area (Å²) >= 11 is 0. The van der Waals surface area contributed by atoms with Crippen LogP contribution in [0.2, 0.25) is 0 Å². The van der Waals surface area contributed by atoms with E-state index < -0.39 is 0 Å². The quantitative estimate of drug-likeness (QED) is 0.374. The van der Waals surface area contributed by atoms with Crippen molar-refractivity contribution in [2.75, 3.05) is 37.8 Å². The molecule has 3 unspecified atom stereocenters. The monoisotopic (exact) mass is 588 g/mol. The van der Waals surface area contributed by atoms with Crippen LogP contribution in [0.3, 0.4) is 0 Å². The van der Waals surface area contributed by atoms with Gasteiger partial charge in [-0.25, -0.2) is 0 Å². The molecule has 2 saturated heterocycles. The summed E-state index contributed by atoms with van der Waals surface area (Å²) in [6, 6.07) is 17.9. The van der Waals surface area contributed by atoms with Crippen LogP contribution >= 0.6 is 0 Å². The molecule has 0 radical (unpaired) electrons. The third-order valence-corrected chi connectivity index (χ3v) is 9.85. The minimum absolute atomic E-state index is 0.105. The highest BCUT2D eigenvalue weighted by Crippen LogP contribution is 2.50. The van der Waals surface area contributed by atoms with Crippen molar-refractivity contribution in [3.05, 3.63) is 71.4 Å². The van der Waals surface area contributed by atoms with E-state index in [0.29, 0.717) is 51.5 Å². The number of rotatable bonds is 7. The molecule has 10 heteroatoms. The van der Waals surface area contributed by atoms with E-state index in [1.165, 1.54) is 17.0 Å². The van der Waals surface area contributed by atoms with Crippen LogP contribution in [0.15, 0.2) is 49.1 Å². The summed E-state index contributed by atoms with van der Waals surface area (Å²) in [5, 5.41) is 22.3. The molecule has 3 aliphatic heterocycles. The zero-order chi connectivity index (χ0) is 30.4. The van der Waals surface area contributed by atoms with Crippen LogP contribution in [0, 0.1) is 22.7 Å². The van der Waals surface area contributed by atoms with Gasteiger partial charge in [-0.05, 0) is 47.7 Å². The average molecular weight is 589 g/mol. The number of ether oxygens (including phenoxy) is 1. The van der Waals surface area contributed by atoms with Crippen molar-refractivity contribution in [3.8, 4) is 18.1 Å². The van der Waals surface area contributed by atoms with Gasteiger partial charge in [0.2, 0.25) is 5.91 Å². The van der Waals surface area contributed by atoms with E-state index in [4.69, 9.17) is 14.7 Å². The molecule has 4 aliphatic rings. The Morgan fingerprint density at radius 3 is 2.66 bits per heavy atom. The van der Waals surface area contributed by atoms with Crippen molar-refractivity contribution in [2.24, 2.45) is 0 Å². The van der Waals surface area contributed by atoms with Crippen LogP contribution < -0.4 is 9.64 Å². The summed E-state index contributed by atoms with van der Waals surface area (Å²) in [4.78, 5) is 31.1. The van der Waals surface area contributed by atoms with E-state index in [9.17, 15) is 15.3 Å². The Morgan fingerprint density at radius 1 is 1.11 bits per heavy atom. The second-order valence-electron chi connectivity index (χ2n) is 12.3. The van der Waals surface area contributed by atoms with Gasteiger partial charge in [-0.2, -0.15) is 20.5 Å². The largest absolute Gasteiger partial charge is 0.447 e. The molecule has 4 heterocycles. The fraction of sp³-hybridized carbons (Fsp3) is 0.441. The lowest BCUT2D eigenvalue weighted by molar-refractivity contribution is -0.128. The summed E-state index contributed by atoms with van der Waals surface area (Å²) in [6.45, 7) is 9.98. The molecular weight excluding hydrogens is 552 g/mol. The normalized spacial score (nSPS) is 24.7. The number of benzene rings is 2. The van der Waals surface area contributed by atoms with Crippen molar-refractivity contribution in [1.29, 1.82) is 10.5 Å². The average Bonchev–Trinajstić information content (AvgIpc) is 3.75. The first-order chi connectivity index (χ1) is 21.5. The molecule has 0 saturated carbocycles. The van der Waals surface area contributed by atoms with Crippen molar-refractivity contribution in [1.82, 2.24) is 24.7 Å². The lowest BCUT2D eigenvalue weighted by Gasteiger charge is -2.41. The summed E-state index contributed by atoms with van der Waals surface area (Å²) in [6.07, 6.45) is 3.84. The number of likely N-dealkylation sites (tertiary alicyclic amines) is 1. The first kappa shape index (κ1) is 28.3. The number of aromatic nitrogens is 2. The van der Waals surface area contributed by atoms with Crippen LogP contribution in [0.4, 0.5) is 5.82 Å². The van der Waals surface area contributed by atoms with Crippen molar-refractivity contribution >= 4 is 22.5 Å². The van der Waals surface area contributed by atoms with Gasteiger partial charge in [0.25, 0.3) is 0 Å². The maximum Gasteiger partial charge on any atom is 0.319 e. The van der Waals surface area contributed by atoms with Crippen LogP contribution in [-0.4, -0.2) is 75.6 Å². The molecule has 1 aliphatic carbocycles. The Labute approximate surface area is 257 Å². The zero-order valence-electron chi connectivity index (χ0n) is 25.0. The van der Waals surface area contributed by atoms with Crippen LogP contribution in [0.25, 0.3) is 10.8 Å². The fourth-order valence-corrected chi connectivity index (χ4v) is 7.63. The number of hydrogen-bond donors (Lipinski definition) is 0. The molecule has 4 atom stereocenters. The Morgan fingerprint density at radius 2 is 1.93 bits per heavy atom. The lowest BCUT2D eigenvalue weighted by atomic mass is 9.97. The topological polar surface area (TPSA) is 113 Å². The van der Waals surface area contributed by atoms with Gasteiger partial charge in [0.1, 0.15) is 12.5 Å². The molecule has 0 bridgehead atoms. The van der Waals surface area contributed by atoms with Crippen molar-refractivity contribution in [2.45, 2.75) is 63.3 Å². The maximum atomic E-state index is 12.6. The van der Waals surface area contributed by atoms with E-state index in [1.54, 1.807) is 4.90 Å². The lowest BCUT2D eigenvalue weighted by Crippen LogP contribution is -2.55. The highest BCUT2D eigenvalue weighted by molar-refractivity contribution is 5.92. The van der Waals surface area contributed by atoms with E-state index in [-0.39, 0.29) is 30.3 Å². The maximum absolute atomic E-state index is 12.6. The molecule has 3 aromatic rings. The third-order valence-electron chi connectivity index (χ3n) is 9.85. The molecule has 44 heavy (non-hydrogen) atoms. The van der Waals surface area contributed by atoms with Gasteiger partial charge in [0, 0.05) is 50.9 Å². The van der Waals surface area contributed by atoms with Crippen LogP contribution in [0.5, 0.6) is 6.01 Å². The molecule has 2 fully saturated rings. The van der Waals surface area contributed by atoms with Gasteiger partial charge in [-0.15, -0.1) is 0 Å². The summed E-state index contributed by atoms with van der Waals surface area (Å²) < 4.78 is 6.24. The smallest absolute Gasteiger partial charge is 0.319 e. The second kappa shape index (κ2) is 11.5. The Hall–Kier alpha value is -4.51. The molecule has 1 aromatic heterocycles. The fourth-order valence-electron chi connectivity index (χ4n) is 7.63. The third kappa shape index (κ3) is 4.75. The number of piperazine rings is 1. The summed E-state index contributed by atoms with van der Waals surface area (Å²) in [7, 11) is 0. The minimum atomic E-state index is -0.289. The van der Waals surface area contributed by atoms with Gasteiger partial charge in [0.15, 0.2) is 0 Å². The van der Waals surface area contributed by atoms with Crippen molar-refractivity contribution in [3.63, 3.8) is 0 Å². The molecule has 7 rings (SSSR count).